The molecule has 14 heteroatoms. The van der Waals surface area contributed by atoms with E-state index < -0.39 is 29.8 Å². The molecule has 0 bridgehead atoms. The third-order valence-electron chi connectivity index (χ3n) is 5.75. The molecule has 12 nitrogen and oxygen atoms in total. The van der Waals surface area contributed by atoms with Crippen molar-refractivity contribution in [2.24, 2.45) is 11.0 Å². The molecule has 2 aromatic rings. The van der Waals surface area contributed by atoms with Crippen molar-refractivity contribution < 1.29 is 19.0 Å². The zero-order chi connectivity index (χ0) is 26.7. The molecule has 2 aliphatic rings. The number of hydrogen-bond donors (Lipinski definition) is 1. The lowest BCUT2D eigenvalue weighted by molar-refractivity contribution is -0.0182. The number of benzene rings is 1. The first-order valence-electron chi connectivity index (χ1n) is 11.3. The fraction of sp³-hybridized carbons (Fsp3) is 0.391. The first kappa shape index (κ1) is 26.2. The first-order valence-corrected chi connectivity index (χ1v) is 12.1. The van der Waals surface area contributed by atoms with E-state index in [2.05, 4.69) is 15.6 Å². The van der Waals surface area contributed by atoms with Crippen LogP contribution in [-0.4, -0.2) is 39.0 Å². The third kappa shape index (κ3) is 5.79. The van der Waals surface area contributed by atoms with E-state index in [1.807, 2.05) is 13.8 Å². The molecule has 0 unspecified atom stereocenters. The number of hydrazone groups is 1. The summed E-state index contributed by atoms with van der Waals surface area (Å²) in [5.74, 6) is 0.591. The molecule has 2 heterocycles. The van der Waals surface area contributed by atoms with Gasteiger partial charge in [-0.15, -0.1) is 10.2 Å². The van der Waals surface area contributed by atoms with Crippen molar-refractivity contribution in [1.82, 2.24) is 19.8 Å². The molecule has 1 aliphatic carbocycles. The number of halogens is 2. The van der Waals surface area contributed by atoms with E-state index in [1.54, 1.807) is 12.1 Å². The smallest absolute Gasteiger partial charge is 0.434 e. The minimum Gasteiger partial charge on any atom is -0.434 e. The fourth-order valence-electron chi connectivity index (χ4n) is 3.39. The monoisotopic (exact) mass is 548 g/mol. The Morgan fingerprint density at radius 2 is 1.97 bits per heavy atom. The van der Waals surface area contributed by atoms with Crippen LogP contribution in [0.4, 0.5) is 4.79 Å². The largest absolute Gasteiger partial charge is 0.510 e. The van der Waals surface area contributed by atoms with Gasteiger partial charge >= 0.3 is 11.8 Å². The maximum Gasteiger partial charge on any atom is 0.510 e. The number of rotatable bonds is 6. The van der Waals surface area contributed by atoms with Gasteiger partial charge in [0.2, 0.25) is 11.6 Å². The predicted octanol–water partition coefficient (Wildman–Crippen LogP) is 3.11. The van der Waals surface area contributed by atoms with Crippen LogP contribution in [-0.2, 0) is 16.2 Å². The maximum absolute atomic E-state index is 13.1. The standard InChI is InChI=1S/C23H22Cl2N6O6/c1-12(2)13-6-19(28-27-10-13)37-20-16(24)7-14(8-17(20)25)31-22(33)30(21(32)18(9-26)29-31)11-35-23(34)36-15-4-3-5-15/h6-8,12,15,27H,3-5,10-11H2,1-2H3. The Kier molecular flexibility index (Phi) is 7.85. The number of carbonyl (C=O) groups is 1. The summed E-state index contributed by atoms with van der Waals surface area (Å²) >= 11 is 12.8. The summed E-state index contributed by atoms with van der Waals surface area (Å²) in [6, 6.07) is 4.27. The van der Waals surface area contributed by atoms with Gasteiger partial charge < -0.3 is 19.6 Å². The summed E-state index contributed by atoms with van der Waals surface area (Å²) in [7, 11) is 0. The highest BCUT2D eigenvalue weighted by Gasteiger charge is 2.24. The summed E-state index contributed by atoms with van der Waals surface area (Å²) in [6.07, 6.45) is 2.87. The molecule has 4 rings (SSSR count). The second kappa shape index (κ2) is 11.1. The van der Waals surface area contributed by atoms with E-state index in [4.69, 9.17) is 37.4 Å². The van der Waals surface area contributed by atoms with Gasteiger partial charge in [-0.1, -0.05) is 37.0 Å². The van der Waals surface area contributed by atoms with Crippen LogP contribution in [0.1, 0.15) is 38.8 Å². The van der Waals surface area contributed by atoms with Crippen LogP contribution >= 0.6 is 23.2 Å². The van der Waals surface area contributed by atoms with Gasteiger partial charge in [0.1, 0.15) is 12.2 Å². The Morgan fingerprint density at radius 3 is 2.57 bits per heavy atom. The SMILES string of the molecule is CC(C)C1=CC(Oc2c(Cl)cc(-n3nc(C#N)c(=O)n(COC(=O)OC4CCC4)c3=O)cc2Cl)=NNC1. The molecular formula is C23H22Cl2N6O6. The van der Waals surface area contributed by atoms with Gasteiger partial charge in [-0.2, -0.15) is 9.94 Å². The molecule has 0 amide bonds. The van der Waals surface area contributed by atoms with E-state index in [0.29, 0.717) is 11.1 Å². The van der Waals surface area contributed by atoms with Gasteiger partial charge in [0.15, 0.2) is 12.5 Å². The summed E-state index contributed by atoms with van der Waals surface area (Å²) in [6.45, 7) is 3.87. The fourth-order valence-corrected chi connectivity index (χ4v) is 3.94. The molecule has 194 valence electrons. The highest BCUT2D eigenvalue weighted by atomic mass is 35.5. The summed E-state index contributed by atoms with van der Waals surface area (Å²) in [5, 5.41) is 17.3. The molecule has 1 saturated carbocycles. The van der Waals surface area contributed by atoms with Crippen LogP contribution in [0.2, 0.25) is 10.0 Å². The van der Waals surface area contributed by atoms with Gasteiger partial charge in [-0.3, -0.25) is 4.79 Å². The average Bonchev–Trinajstić information content (AvgIpc) is 2.84. The molecule has 0 radical (unpaired) electrons. The van der Waals surface area contributed by atoms with Crippen LogP contribution in [0, 0.1) is 17.2 Å². The molecule has 1 aromatic carbocycles. The van der Waals surface area contributed by atoms with Gasteiger partial charge in [0, 0.05) is 6.08 Å². The highest BCUT2D eigenvalue weighted by Crippen LogP contribution is 2.35. The van der Waals surface area contributed by atoms with Crippen molar-refractivity contribution in [2.45, 2.75) is 45.9 Å². The molecule has 1 aromatic heterocycles. The van der Waals surface area contributed by atoms with Crippen LogP contribution < -0.4 is 21.4 Å². The average molecular weight is 549 g/mol. The van der Waals surface area contributed by atoms with Gasteiger partial charge in [0.25, 0.3) is 5.56 Å². The number of nitrogens with one attached hydrogen (secondary N) is 1. The van der Waals surface area contributed by atoms with Crippen LogP contribution in [0.5, 0.6) is 5.75 Å². The second-order valence-corrected chi connectivity index (χ2v) is 9.40. The van der Waals surface area contributed by atoms with Crippen molar-refractivity contribution in [1.29, 1.82) is 5.26 Å². The number of ether oxygens (including phenoxy) is 3. The third-order valence-corrected chi connectivity index (χ3v) is 6.31. The Hall–Kier alpha value is -3.82. The lowest BCUT2D eigenvalue weighted by atomic mass is 9.96. The van der Waals surface area contributed by atoms with Gasteiger partial charge in [0.05, 0.1) is 22.3 Å². The molecule has 0 atom stereocenters. The minimum atomic E-state index is -1.03. The molecule has 0 saturated heterocycles. The Labute approximate surface area is 220 Å². The lowest BCUT2D eigenvalue weighted by Gasteiger charge is -2.24. The minimum absolute atomic E-state index is 0.0144. The first-order chi connectivity index (χ1) is 17.7. The van der Waals surface area contributed by atoms with Crippen molar-refractivity contribution in [2.75, 3.05) is 6.54 Å². The van der Waals surface area contributed by atoms with E-state index >= 15 is 0 Å². The Balaban J connectivity index is 1.63. The quantitative estimate of drug-likeness (QED) is 0.536. The van der Waals surface area contributed by atoms with Crippen molar-refractivity contribution in [3.8, 4) is 17.5 Å². The van der Waals surface area contributed by atoms with E-state index in [9.17, 15) is 19.6 Å². The molecule has 1 N–H and O–H groups in total. The van der Waals surface area contributed by atoms with Crippen molar-refractivity contribution in [3.05, 3.63) is 60.4 Å². The summed E-state index contributed by atoms with van der Waals surface area (Å²) in [4.78, 5) is 37.5. The topological polar surface area (TPSA) is 150 Å². The molecule has 1 fully saturated rings. The Morgan fingerprint density at radius 1 is 1.27 bits per heavy atom. The Bertz CT molecular complexity index is 1430. The number of aromatic nitrogens is 3. The van der Waals surface area contributed by atoms with Gasteiger partial charge in [-0.05, 0) is 42.9 Å². The molecule has 0 spiro atoms. The summed E-state index contributed by atoms with van der Waals surface area (Å²) < 4.78 is 17.0. The number of nitrogens with zero attached hydrogens (tertiary/aromatic N) is 5. The molecule has 1 aliphatic heterocycles. The number of carbonyl (C=O) groups excluding carboxylic acids is 1. The van der Waals surface area contributed by atoms with E-state index in [1.165, 1.54) is 12.1 Å². The van der Waals surface area contributed by atoms with Gasteiger partial charge in [-0.25, -0.2) is 14.2 Å². The maximum atomic E-state index is 13.1. The van der Waals surface area contributed by atoms with Crippen molar-refractivity contribution in [3.63, 3.8) is 0 Å². The zero-order valence-corrected chi connectivity index (χ0v) is 21.4. The zero-order valence-electron chi connectivity index (χ0n) is 19.9. The van der Waals surface area contributed by atoms with Crippen LogP contribution in [0.3, 0.4) is 0 Å². The van der Waals surface area contributed by atoms with E-state index in [-0.39, 0.29) is 39.4 Å². The molecular weight excluding hydrogens is 527 g/mol. The van der Waals surface area contributed by atoms with Crippen molar-refractivity contribution >= 4 is 35.3 Å². The normalized spacial score (nSPS) is 15.1. The van der Waals surface area contributed by atoms with E-state index in [0.717, 1.165) is 29.5 Å². The predicted molar refractivity (Wildman–Crippen MR) is 133 cm³/mol. The number of nitriles is 1. The summed E-state index contributed by atoms with van der Waals surface area (Å²) in [5.41, 5.74) is 1.34. The lowest BCUT2D eigenvalue weighted by Crippen LogP contribution is -2.43. The number of hydrogen-bond acceptors (Lipinski definition) is 10. The second-order valence-electron chi connectivity index (χ2n) is 8.58. The van der Waals surface area contributed by atoms with Crippen LogP contribution in [0.25, 0.3) is 5.69 Å². The van der Waals surface area contributed by atoms with Crippen LogP contribution in [0.15, 0.2) is 38.5 Å². The molecule has 37 heavy (non-hydrogen) atoms. The highest BCUT2D eigenvalue weighted by molar-refractivity contribution is 6.37.